The predicted molar refractivity (Wildman–Crippen MR) is 103 cm³/mol. The van der Waals surface area contributed by atoms with Gasteiger partial charge < -0.3 is 20.1 Å². The smallest absolute Gasteiger partial charge is 0.191 e. The fourth-order valence-electron chi connectivity index (χ4n) is 2.31. The number of hydrogen-bond acceptors (Lipinski definition) is 5. The maximum Gasteiger partial charge on any atom is 0.191 e. The molecular weight excluding hydrogens is 336 g/mol. The van der Waals surface area contributed by atoms with Crippen LogP contribution in [0.3, 0.4) is 0 Å². The molecule has 136 valence electrons. The zero-order chi connectivity index (χ0) is 18.1. The lowest BCUT2D eigenvalue weighted by molar-refractivity contribution is 0.354. The van der Waals surface area contributed by atoms with Crippen LogP contribution >= 0.6 is 11.3 Å². The van der Waals surface area contributed by atoms with E-state index in [1.54, 1.807) is 32.6 Å². The first-order valence-electron chi connectivity index (χ1n) is 8.29. The molecule has 1 aromatic carbocycles. The number of nitrogens with zero attached hydrogens (tertiary/aromatic N) is 2. The van der Waals surface area contributed by atoms with Gasteiger partial charge in [0.2, 0.25) is 0 Å². The highest BCUT2D eigenvalue weighted by atomic mass is 32.1. The van der Waals surface area contributed by atoms with Crippen molar-refractivity contribution >= 4 is 17.3 Å². The molecule has 2 N–H and O–H groups in total. The molecule has 7 heteroatoms. The Morgan fingerprint density at radius 2 is 2.00 bits per heavy atom. The second-order valence-electron chi connectivity index (χ2n) is 5.37. The van der Waals surface area contributed by atoms with E-state index < -0.39 is 0 Å². The van der Waals surface area contributed by atoms with Gasteiger partial charge in [0.05, 0.1) is 19.2 Å². The van der Waals surface area contributed by atoms with Crippen LogP contribution in [0.5, 0.6) is 11.5 Å². The van der Waals surface area contributed by atoms with Crippen LogP contribution in [-0.4, -0.2) is 38.8 Å². The monoisotopic (exact) mass is 362 g/mol. The third-order valence-corrected chi connectivity index (χ3v) is 4.91. The molecule has 0 aliphatic rings. The lowest BCUT2D eigenvalue weighted by atomic mass is 10.2. The number of nitrogens with one attached hydrogen (secondary N) is 2. The Bertz CT molecular complexity index is 700. The lowest BCUT2D eigenvalue weighted by Gasteiger charge is -2.13. The minimum atomic E-state index is 0.650. The molecule has 0 unspecified atom stereocenters. The van der Waals surface area contributed by atoms with Gasteiger partial charge in [-0.25, -0.2) is 4.98 Å². The number of guanidine groups is 1. The number of hydrogen-bond donors (Lipinski definition) is 2. The Hall–Kier alpha value is -2.28. The third kappa shape index (κ3) is 5.63. The summed E-state index contributed by atoms with van der Waals surface area (Å²) in [7, 11) is 5.04. The molecule has 2 aromatic rings. The number of benzene rings is 1. The fraction of sp³-hybridized carbons (Fsp3) is 0.444. The first-order valence-corrected chi connectivity index (χ1v) is 9.10. The molecule has 0 fully saturated rings. The molecule has 0 saturated carbocycles. The Balaban J connectivity index is 1.81. The highest BCUT2D eigenvalue weighted by molar-refractivity contribution is 7.11. The van der Waals surface area contributed by atoms with E-state index in [0.29, 0.717) is 6.54 Å². The average Bonchev–Trinajstić information content (AvgIpc) is 3.12. The van der Waals surface area contributed by atoms with Crippen LogP contribution in [0.2, 0.25) is 0 Å². The molecule has 2 rings (SSSR count). The number of aryl methyl sites for hydroxylation is 1. The summed E-state index contributed by atoms with van der Waals surface area (Å²) in [6, 6.07) is 5.87. The highest BCUT2D eigenvalue weighted by Crippen LogP contribution is 2.27. The van der Waals surface area contributed by atoms with E-state index in [0.717, 1.165) is 47.4 Å². The van der Waals surface area contributed by atoms with Crippen LogP contribution in [0.1, 0.15) is 22.4 Å². The minimum Gasteiger partial charge on any atom is -0.493 e. The first kappa shape index (κ1) is 19.1. The first-order chi connectivity index (χ1) is 12.2. The van der Waals surface area contributed by atoms with Crippen LogP contribution < -0.4 is 20.1 Å². The van der Waals surface area contributed by atoms with Gasteiger partial charge in [0.1, 0.15) is 0 Å². The van der Waals surface area contributed by atoms with E-state index in [9.17, 15) is 0 Å². The third-order valence-electron chi connectivity index (χ3n) is 3.71. The zero-order valence-electron chi connectivity index (χ0n) is 15.3. The van der Waals surface area contributed by atoms with Gasteiger partial charge >= 0.3 is 0 Å². The second-order valence-corrected chi connectivity index (χ2v) is 6.57. The van der Waals surface area contributed by atoms with E-state index >= 15 is 0 Å². The Morgan fingerprint density at radius 1 is 1.20 bits per heavy atom. The van der Waals surface area contributed by atoms with E-state index in [2.05, 4.69) is 27.5 Å². The van der Waals surface area contributed by atoms with E-state index in [1.807, 2.05) is 24.4 Å². The molecule has 25 heavy (non-hydrogen) atoms. The van der Waals surface area contributed by atoms with Crippen LogP contribution in [0.4, 0.5) is 0 Å². The molecule has 6 nitrogen and oxygen atoms in total. The number of ether oxygens (including phenoxy) is 2. The summed E-state index contributed by atoms with van der Waals surface area (Å²) in [6.45, 7) is 3.59. The van der Waals surface area contributed by atoms with Crippen molar-refractivity contribution in [3.63, 3.8) is 0 Å². The van der Waals surface area contributed by atoms with E-state index in [4.69, 9.17) is 9.47 Å². The van der Waals surface area contributed by atoms with Gasteiger partial charge in [-0.3, -0.25) is 4.99 Å². The molecule has 1 aromatic heterocycles. The fourth-order valence-corrected chi connectivity index (χ4v) is 3.17. The zero-order valence-corrected chi connectivity index (χ0v) is 16.1. The summed E-state index contributed by atoms with van der Waals surface area (Å²) >= 11 is 1.77. The van der Waals surface area contributed by atoms with E-state index in [-0.39, 0.29) is 0 Å². The molecule has 0 aliphatic carbocycles. The SMILES string of the molecule is CCc1cnc(CCNC(=NC)NCc2ccc(OC)c(OC)c2)s1. The number of aromatic nitrogens is 1. The van der Waals surface area contributed by atoms with Crippen LogP contribution in [0, 0.1) is 0 Å². The second kappa shape index (κ2) is 9.88. The maximum atomic E-state index is 5.33. The quantitative estimate of drug-likeness (QED) is 0.558. The number of methoxy groups -OCH3 is 2. The van der Waals surface area contributed by atoms with E-state index in [1.165, 1.54) is 4.88 Å². The molecule has 0 bridgehead atoms. The van der Waals surface area contributed by atoms with Crippen molar-refractivity contribution in [1.29, 1.82) is 0 Å². The highest BCUT2D eigenvalue weighted by Gasteiger charge is 2.06. The van der Waals surface area contributed by atoms with Crippen molar-refractivity contribution in [2.75, 3.05) is 27.8 Å². The number of thiazole rings is 1. The summed E-state index contributed by atoms with van der Waals surface area (Å²) in [5, 5.41) is 7.77. The molecule has 0 amide bonds. The average molecular weight is 362 g/mol. The Labute approximate surface area is 153 Å². The van der Waals surface area contributed by atoms with Gasteiger partial charge in [0, 0.05) is 37.6 Å². The summed E-state index contributed by atoms with van der Waals surface area (Å²) in [5.41, 5.74) is 1.09. The summed E-state index contributed by atoms with van der Waals surface area (Å²) in [6.07, 6.45) is 3.89. The van der Waals surface area contributed by atoms with Gasteiger partial charge in [-0.05, 0) is 24.1 Å². The van der Waals surface area contributed by atoms with Gasteiger partial charge in [-0.15, -0.1) is 11.3 Å². The minimum absolute atomic E-state index is 0.650. The van der Waals surface area contributed by atoms with Crippen molar-refractivity contribution in [1.82, 2.24) is 15.6 Å². The normalized spacial score (nSPS) is 11.3. The van der Waals surface area contributed by atoms with Gasteiger partial charge in [-0.2, -0.15) is 0 Å². The summed E-state index contributed by atoms with van der Waals surface area (Å²) in [5.74, 6) is 2.21. The van der Waals surface area contributed by atoms with Gasteiger partial charge in [0.15, 0.2) is 17.5 Å². The summed E-state index contributed by atoms with van der Waals surface area (Å²) in [4.78, 5) is 10.0. The van der Waals surface area contributed by atoms with Crippen molar-refractivity contribution in [2.24, 2.45) is 4.99 Å². The van der Waals surface area contributed by atoms with Crippen molar-refractivity contribution < 1.29 is 9.47 Å². The van der Waals surface area contributed by atoms with Gasteiger partial charge in [-0.1, -0.05) is 13.0 Å². The Kier molecular flexibility index (Phi) is 7.53. The lowest BCUT2D eigenvalue weighted by Crippen LogP contribution is -2.37. The standard InChI is InChI=1S/C18H26N4O2S/c1-5-14-12-21-17(25-14)8-9-20-18(19-2)22-11-13-6-7-15(23-3)16(10-13)24-4/h6-7,10,12H,5,8-9,11H2,1-4H3,(H2,19,20,22). The van der Waals surface area contributed by atoms with Crippen molar-refractivity contribution in [3.8, 4) is 11.5 Å². The largest absolute Gasteiger partial charge is 0.493 e. The van der Waals surface area contributed by atoms with Crippen LogP contribution in [0.15, 0.2) is 29.4 Å². The van der Waals surface area contributed by atoms with Crippen LogP contribution in [0.25, 0.3) is 0 Å². The van der Waals surface area contributed by atoms with Crippen molar-refractivity contribution in [3.05, 3.63) is 39.8 Å². The van der Waals surface area contributed by atoms with Gasteiger partial charge in [0.25, 0.3) is 0 Å². The molecule has 0 spiro atoms. The topological polar surface area (TPSA) is 67.8 Å². The van der Waals surface area contributed by atoms with Crippen LogP contribution in [-0.2, 0) is 19.4 Å². The summed E-state index contributed by atoms with van der Waals surface area (Å²) < 4.78 is 10.6. The van der Waals surface area contributed by atoms with Crippen molar-refractivity contribution in [2.45, 2.75) is 26.3 Å². The molecular formula is C18H26N4O2S. The predicted octanol–water partition coefficient (Wildman–Crippen LogP) is 2.63. The molecule has 0 atom stereocenters. The molecule has 0 saturated heterocycles. The molecule has 0 aliphatic heterocycles. The Morgan fingerprint density at radius 3 is 2.64 bits per heavy atom. The number of rotatable bonds is 8. The molecule has 1 heterocycles. The molecule has 0 radical (unpaired) electrons. The maximum absolute atomic E-state index is 5.33. The number of aliphatic imine (C=N–C) groups is 1.